The molecule has 1 saturated carbocycles. The number of fused-ring (bicyclic) bond motifs is 2. The topological polar surface area (TPSA) is 78.8 Å². The molecule has 7 nitrogen and oxygen atoms in total. The highest BCUT2D eigenvalue weighted by atomic mass is 16.5. The van der Waals surface area contributed by atoms with Gasteiger partial charge in [-0.2, -0.15) is 0 Å². The molecule has 0 spiro atoms. The minimum absolute atomic E-state index is 0.00888. The average molecular weight is 509 g/mol. The standard InChI is InChI=1S/C30H44N4O3/c1-19-15-26-24(10-9-21(3)30(26,36)16-28(19)37-23(5)35)20(2)17-33-14-11-25-27(18-33)31-22(4)32-29(25)34-12-7-6-8-13-34/h15,20-21,24,26,28,36H,6-14,17-18H2,1-5H3/t20-,21-,24+,26-,28-,30-/m1/s1. The third-order valence-corrected chi connectivity index (χ3v) is 9.32. The maximum absolute atomic E-state index is 11.8. The van der Waals surface area contributed by atoms with Gasteiger partial charge in [-0.3, -0.25) is 9.69 Å². The van der Waals surface area contributed by atoms with Crippen molar-refractivity contribution in [2.75, 3.05) is 31.1 Å². The Bertz CT molecular complexity index is 1040. The molecule has 5 rings (SSSR count). The third-order valence-electron chi connectivity index (χ3n) is 9.32. The van der Waals surface area contributed by atoms with Crippen molar-refractivity contribution in [2.24, 2.45) is 23.7 Å². The molecule has 2 fully saturated rings. The van der Waals surface area contributed by atoms with Crippen LogP contribution in [0.15, 0.2) is 11.6 Å². The Balaban J connectivity index is 1.31. The van der Waals surface area contributed by atoms with Crippen molar-refractivity contribution in [2.45, 2.75) is 91.4 Å². The van der Waals surface area contributed by atoms with Crippen LogP contribution in [-0.4, -0.2) is 63.8 Å². The zero-order valence-electron chi connectivity index (χ0n) is 23.3. The van der Waals surface area contributed by atoms with E-state index in [1.807, 2.05) is 13.8 Å². The van der Waals surface area contributed by atoms with Gasteiger partial charge in [-0.05, 0) is 75.7 Å². The number of anilines is 1. The van der Waals surface area contributed by atoms with E-state index in [1.165, 1.54) is 43.3 Å². The second-order valence-electron chi connectivity index (χ2n) is 12.1. The van der Waals surface area contributed by atoms with Crippen LogP contribution in [0.2, 0.25) is 0 Å². The second kappa shape index (κ2) is 10.6. The number of hydrogen-bond donors (Lipinski definition) is 1. The predicted molar refractivity (Wildman–Crippen MR) is 144 cm³/mol. The number of carbonyl (C=O) groups excluding carboxylic acids is 1. The van der Waals surface area contributed by atoms with E-state index >= 15 is 0 Å². The SMILES string of the molecule is CC(=O)O[C@@H]1[C][C@@]2(O)[C@H](C)CC[C@@H]([C@H](C)CN3CCc4c(nc(C)nc4N4CCCCC4)C3)[C@H]2C=C1C. The van der Waals surface area contributed by atoms with Gasteiger partial charge in [-0.1, -0.05) is 19.9 Å². The van der Waals surface area contributed by atoms with E-state index in [9.17, 15) is 9.90 Å². The minimum atomic E-state index is -1.07. The minimum Gasteiger partial charge on any atom is -0.457 e. The first-order valence-corrected chi connectivity index (χ1v) is 14.3. The summed E-state index contributed by atoms with van der Waals surface area (Å²) in [5.41, 5.74) is 2.45. The van der Waals surface area contributed by atoms with Gasteiger partial charge in [-0.15, -0.1) is 0 Å². The molecule has 1 N–H and O–H groups in total. The molecule has 1 saturated heterocycles. The van der Waals surface area contributed by atoms with Gasteiger partial charge in [0.15, 0.2) is 0 Å². The van der Waals surface area contributed by atoms with E-state index < -0.39 is 11.7 Å². The Morgan fingerprint density at radius 3 is 2.70 bits per heavy atom. The summed E-state index contributed by atoms with van der Waals surface area (Å²) in [5, 5.41) is 11.8. The van der Waals surface area contributed by atoms with E-state index in [-0.39, 0.29) is 17.8 Å². The molecule has 0 aromatic carbocycles. The third kappa shape index (κ3) is 5.31. The maximum Gasteiger partial charge on any atom is 0.303 e. The fraction of sp³-hybridized carbons (Fsp3) is 0.733. The molecule has 2 radical (unpaired) electrons. The Morgan fingerprint density at radius 1 is 1.22 bits per heavy atom. The van der Waals surface area contributed by atoms with Gasteiger partial charge in [0.1, 0.15) is 17.7 Å². The molecular formula is C30H44N4O3. The first kappa shape index (κ1) is 26.6. The number of hydrogen-bond acceptors (Lipinski definition) is 7. The first-order valence-electron chi connectivity index (χ1n) is 14.3. The number of nitrogens with zero attached hydrogens (tertiary/aromatic N) is 4. The Morgan fingerprint density at radius 2 is 1.97 bits per heavy atom. The number of aromatic nitrogens is 2. The second-order valence-corrected chi connectivity index (χ2v) is 12.1. The van der Waals surface area contributed by atoms with Crippen LogP contribution < -0.4 is 4.90 Å². The van der Waals surface area contributed by atoms with E-state index in [2.05, 4.69) is 36.1 Å². The number of carbonyl (C=O) groups is 1. The van der Waals surface area contributed by atoms with E-state index in [0.29, 0.717) is 11.8 Å². The fourth-order valence-electron chi connectivity index (χ4n) is 7.26. The lowest BCUT2D eigenvalue weighted by Crippen LogP contribution is -2.56. The van der Waals surface area contributed by atoms with Crippen molar-refractivity contribution >= 4 is 11.8 Å². The molecule has 202 valence electrons. The largest absolute Gasteiger partial charge is 0.457 e. The van der Waals surface area contributed by atoms with Crippen molar-refractivity contribution in [3.05, 3.63) is 35.2 Å². The molecule has 0 unspecified atom stereocenters. The Labute approximate surface area is 222 Å². The summed E-state index contributed by atoms with van der Waals surface area (Å²) < 4.78 is 5.48. The van der Waals surface area contributed by atoms with Crippen LogP contribution in [0.4, 0.5) is 5.82 Å². The van der Waals surface area contributed by atoms with Crippen LogP contribution in [0.1, 0.15) is 76.9 Å². The molecule has 1 aromatic heterocycles. The predicted octanol–water partition coefficient (Wildman–Crippen LogP) is 4.14. The van der Waals surface area contributed by atoms with Crippen molar-refractivity contribution in [3.8, 4) is 0 Å². The van der Waals surface area contributed by atoms with Crippen molar-refractivity contribution in [1.82, 2.24) is 14.9 Å². The first-order chi connectivity index (χ1) is 17.7. The Kier molecular flexibility index (Phi) is 7.65. The van der Waals surface area contributed by atoms with Crippen LogP contribution in [0.5, 0.6) is 0 Å². The molecule has 3 heterocycles. The van der Waals surface area contributed by atoms with Crippen LogP contribution in [0.25, 0.3) is 0 Å². The zero-order valence-corrected chi connectivity index (χ0v) is 23.3. The summed E-state index contributed by atoms with van der Waals surface area (Å²) >= 11 is 0. The highest BCUT2D eigenvalue weighted by Crippen LogP contribution is 2.51. The fourth-order valence-corrected chi connectivity index (χ4v) is 7.26. The molecule has 6 atom stereocenters. The molecule has 2 aliphatic heterocycles. The summed E-state index contributed by atoms with van der Waals surface area (Å²) in [4.78, 5) is 26.4. The highest BCUT2D eigenvalue weighted by Gasteiger charge is 2.53. The summed E-state index contributed by atoms with van der Waals surface area (Å²) in [6, 6.07) is 0. The maximum atomic E-state index is 11.8. The number of piperidine rings is 1. The summed E-state index contributed by atoms with van der Waals surface area (Å²) in [5.74, 6) is 2.54. The van der Waals surface area contributed by atoms with Crippen LogP contribution in [0, 0.1) is 37.0 Å². The summed E-state index contributed by atoms with van der Waals surface area (Å²) in [6.07, 6.45) is 11.8. The number of ether oxygens (including phenoxy) is 1. The number of aryl methyl sites for hydroxylation is 1. The summed E-state index contributed by atoms with van der Waals surface area (Å²) in [7, 11) is 0. The highest BCUT2D eigenvalue weighted by molar-refractivity contribution is 5.66. The van der Waals surface area contributed by atoms with Gasteiger partial charge < -0.3 is 14.7 Å². The molecule has 37 heavy (non-hydrogen) atoms. The van der Waals surface area contributed by atoms with Gasteiger partial charge in [0, 0.05) is 51.1 Å². The average Bonchev–Trinajstić information content (AvgIpc) is 2.85. The molecule has 0 bridgehead atoms. The van der Waals surface area contributed by atoms with Crippen LogP contribution in [0.3, 0.4) is 0 Å². The number of esters is 1. The quantitative estimate of drug-likeness (QED) is 0.473. The van der Waals surface area contributed by atoms with E-state index in [4.69, 9.17) is 14.7 Å². The molecule has 2 aliphatic carbocycles. The van der Waals surface area contributed by atoms with Gasteiger partial charge in [0.2, 0.25) is 0 Å². The smallest absolute Gasteiger partial charge is 0.303 e. The number of rotatable bonds is 5. The lowest BCUT2D eigenvalue weighted by molar-refractivity contribution is -0.148. The van der Waals surface area contributed by atoms with Crippen LogP contribution >= 0.6 is 0 Å². The van der Waals surface area contributed by atoms with Crippen molar-refractivity contribution in [1.29, 1.82) is 0 Å². The summed E-state index contributed by atoms with van der Waals surface area (Å²) in [6.45, 7) is 14.9. The van der Waals surface area contributed by atoms with Crippen molar-refractivity contribution < 1.29 is 14.6 Å². The molecule has 7 heteroatoms. The monoisotopic (exact) mass is 508 g/mol. The van der Waals surface area contributed by atoms with Gasteiger partial charge in [0.05, 0.1) is 17.7 Å². The van der Waals surface area contributed by atoms with Crippen molar-refractivity contribution in [3.63, 3.8) is 0 Å². The molecule has 1 aromatic rings. The molecule has 4 aliphatic rings. The van der Waals surface area contributed by atoms with Crippen LogP contribution in [-0.2, 0) is 22.5 Å². The normalized spacial score (nSPS) is 33.2. The lowest BCUT2D eigenvalue weighted by atomic mass is 9.57. The van der Waals surface area contributed by atoms with Gasteiger partial charge >= 0.3 is 5.97 Å². The Hall–Kier alpha value is -1.99. The zero-order chi connectivity index (χ0) is 26.3. The molecule has 0 amide bonds. The van der Waals surface area contributed by atoms with E-state index in [0.717, 1.165) is 63.4 Å². The lowest BCUT2D eigenvalue weighted by Gasteiger charge is -2.52. The number of aliphatic hydroxyl groups is 1. The van der Waals surface area contributed by atoms with Gasteiger partial charge in [-0.25, -0.2) is 9.97 Å². The van der Waals surface area contributed by atoms with E-state index in [1.54, 1.807) is 0 Å². The molecular weight excluding hydrogens is 464 g/mol. The van der Waals surface area contributed by atoms with Gasteiger partial charge in [0.25, 0.3) is 0 Å².